The lowest BCUT2D eigenvalue weighted by Crippen LogP contribution is -2.26. The minimum Gasteiger partial charge on any atom is -0.310 e. The zero-order valence-electron chi connectivity index (χ0n) is 44.4. The van der Waals surface area contributed by atoms with E-state index in [0.29, 0.717) is 0 Å². The van der Waals surface area contributed by atoms with Crippen LogP contribution in [0, 0.1) is 0 Å². The summed E-state index contributed by atoms with van der Waals surface area (Å²) in [4.78, 5) is 2.49. The van der Waals surface area contributed by atoms with E-state index < -0.39 is 5.41 Å². The third kappa shape index (κ3) is 7.34. The Hall–Kier alpha value is -10.5. The smallest absolute Gasteiger partial charge is 0.0726 e. The molecular weight excluding hydrogens is 977 g/mol. The molecule has 1 aromatic heterocycles. The highest BCUT2D eigenvalue weighted by Crippen LogP contribution is 2.63. The van der Waals surface area contributed by atoms with Gasteiger partial charge in [-0.05, 0) is 161 Å². The number of anilines is 3. The van der Waals surface area contributed by atoms with Crippen molar-refractivity contribution in [2.45, 2.75) is 5.41 Å². The van der Waals surface area contributed by atoms with Crippen LogP contribution in [0.3, 0.4) is 0 Å². The number of nitrogens with zero attached hydrogens (tertiary/aromatic N) is 2. The SMILES string of the molecule is c1ccc(-c2ccc(N(c3ccc4c(c3)C3(c5ccccc5-c5ccccc53)c3ccccc3-4)c3ccccc3-c3ccccc3-c3ccc4c(c3)c3ccccc3n4-c3cc(-c4ccccc4)cc(-c4ccccc4)c3)cc2)cc1. The van der Waals surface area contributed by atoms with Gasteiger partial charge in [0.25, 0.3) is 0 Å². The van der Waals surface area contributed by atoms with E-state index in [9.17, 15) is 0 Å². The van der Waals surface area contributed by atoms with Crippen LogP contribution in [-0.2, 0) is 5.41 Å². The minimum atomic E-state index is -0.485. The molecule has 1 spiro atoms. The standard InChI is InChI=1S/C79H52N2/c1-4-22-53(23-5-1)56-40-43-60(44-41-56)80(61-45-46-68-67-32-14-19-37-74(67)79(75(68)52-61)72-35-17-12-30-65(72)66-31-13-18-36-73(66)79)76-38-20-15-33-69(76)64-29-11-10-28-63(64)57-42-47-78-71(51-57)70-34-16-21-39-77(70)81(78)62-49-58(54-24-6-2-7-25-54)48-59(50-62)55-26-8-3-9-27-55/h1-52H. The van der Waals surface area contributed by atoms with Crippen molar-refractivity contribution in [3.63, 3.8) is 0 Å². The van der Waals surface area contributed by atoms with Crippen LogP contribution in [0.25, 0.3) is 105 Å². The maximum atomic E-state index is 2.50. The lowest BCUT2D eigenvalue weighted by atomic mass is 9.70. The summed E-state index contributed by atoms with van der Waals surface area (Å²) in [6.07, 6.45) is 0. The fourth-order valence-corrected chi connectivity index (χ4v) is 13.7. The van der Waals surface area contributed by atoms with E-state index >= 15 is 0 Å². The number of rotatable bonds is 9. The number of fused-ring (bicyclic) bond motifs is 13. The third-order valence-corrected chi connectivity index (χ3v) is 17.2. The number of para-hydroxylation sites is 2. The molecule has 0 N–H and O–H groups in total. The van der Waals surface area contributed by atoms with E-state index in [1.165, 1.54) is 99.7 Å². The van der Waals surface area contributed by atoms with Crippen LogP contribution in [0.1, 0.15) is 22.3 Å². The highest BCUT2D eigenvalue weighted by atomic mass is 15.1. The van der Waals surface area contributed by atoms with Crippen molar-refractivity contribution in [1.82, 2.24) is 4.57 Å². The Kier molecular flexibility index (Phi) is 10.8. The Morgan fingerprint density at radius 2 is 0.667 bits per heavy atom. The number of hydrogen-bond acceptors (Lipinski definition) is 1. The molecule has 0 radical (unpaired) electrons. The molecule has 0 saturated carbocycles. The van der Waals surface area contributed by atoms with E-state index in [1.807, 2.05) is 0 Å². The maximum Gasteiger partial charge on any atom is 0.0726 e. The summed E-state index contributed by atoms with van der Waals surface area (Å²) in [5, 5.41) is 2.42. The average molecular weight is 1030 g/mol. The van der Waals surface area contributed by atoms with Gasteiger partial charge in [-0.3, -0.25) is 0 Å². The maximum absolute atomic E-state index is 2.50. The number of aromatic nitrogens is 1. The van der Waals surface area contributed by atoms with Crippen LogP contribution in [0.15, 0.2) is 315 Å². The molecule has 13 aromatic carbocycles. The van der Waals surface area contributed by atoms with Crippen molar-refractivity contribution in [2.75, 3.05) is 4.90 Å². The highest BCUT2D eigenvalue weighted by Gasteiger charge is 2.51. The van der Waals surface area contributed by atoms with Gasteiger partial charge < -0.3 is 9.47 Å². The summed E-state index contributed by atoms with van der Waals surface area (Å²) < 4.78 is 2.46. The second-order valence-electron chi connectivity index (χ2n) is 21.5. The molecule has 0 fully saturated rings. The first kappa shape index (κ1) is 46.5. The van der Waals surface area contributed by atoms with Gasteiger partial charge in [0, 0.05) is 33.4 Å². The van der Waals surface area contributed by atoms with Crippen LogP contribution in [-0.4, -0.2) is 4.57 Å². The molecule has 2 aliphatic carbocycles. The molecule has 2 aliphatic rings. The van der Waals surface area contributed by atoms with Gasteiger partial charge in [-0.1, -0.05) is 249 Å². The number of benzene rings is 13. The van der Waals surface area contributed by atoms with Crippen LogP contribution in [0.5, 0.6) is 0 Å². The molecule has 81 heavy (non-hydrogen) atoms. The van der Waals surface area contributed by atoms with Crippen molar-refractivity contribution in [3.05, 3.63) is 338 Å². The molecule has 14 aromatic rings. The van der Waals surface area contributed by atoms with E-state index in [2.05, 4.69) is 325 Å². The first-order valence-electron chi connectivity index (χ1n) is 28.1. The molecule has 0 unspecified atom stereocenters. The monoisotopic (exact) mass is 1030 g/mol. The van der Waals surface area contributed by atoms with E-state index in [-0.39, 0.29) is 0 Å². The molecule has 2 nitrogen and oxygen atoms in total. The zero-order valence-corrected chi connectivity index (χ0v) is 44.4. The molecule has 0 saturated heterocycles. The molecular formula is C79H52N2. The van der Waals surface area contributed by atoms with Gasteiger partial charge in [0.2, 0.25) is 0 Å². The summed E-state index contributed by atoms with van der Waals surface area (Å²) >= 11 is 0. The quantitative estimate of drug-likeness (QED) is 0.140. The van der Waals surface area contributed by atoms with Crippen LogP contribution in [0.2, 0.25) is 0 Å². The Balaban J connectivity index is 0.876. The second kappa shape index (κ2) is 18.8. The molecule has 0 bridgehead atoms. The Labute approximate surface area is 472 Å². The Morgan fingerprint density at radius 1 is 0.235 bits per heavy atom. The fraction of sp³-hybridized carbons (Fsp3) is 0.0127. The van der Waals surface area contributed by atoms with Crippen molar-refractivity contribution in [2.24, 2.45) is 0 Å². The van der Waals surface area contributed by atoms with Gasteiger partial charge in [-0.2, -0.15) is 0 Å². The van der Waals surface area contributed by atoms with Crippen LogP contribution in [0.4, 0.5) is 17.1 Å². The van der Waals surface area contributed by atoms with E-state index in [1.54, 1.807) is 0 Å². The summed E-state index contributed by atoms with van der Waals surface area (Å²) in [7, 11) is 0. The third-order valence-electron chi connectivity index (χ3n) is 17.2. The van der Waals surface area contributed by atoms with Crippen molar-refractivity contribution in [1.29, 1.82) is 0 Å². The van der Waals surface area contributed by atoms with Crippen molar-refractivity contribution >= 4 is 38.9 Å². The summed E-state index contributed by atoms with van der Waals surface area (Å²) in [5.74, 6) is 0. The van der Waals surface area contributed by atoms with E-state index in [4.69, 9.17) is 0 Å². The van der Waals surface area contributed by atoms with E-state index in [0.717, 1.165) is 45.0 Å². The van der Waals surface area contributed by atoms with Gasteiger partial charge in [0.05, 0.1) is 22.1 Å². The highest BCUT2D eigenvalue weighted by molar-refractivity contribution is 6.11. The van der Waals surface area contributed by atoms with Gasteiger partial charge in [-0.25, -0.2) is 0 Å². The fourth-order valence-electron chi connectivity index (χ4n) is 13.7. The predicted molar refractivity (Wildman–Crippen MR) is 339 cm³/mol. The summed E-state index contributed by atoms with van der Waals surface area (Å²) in [5.41, 5.74) is 28.5. The van der Waals surface area contributed by atoms with Crippen molar-refractivity contribution in [3.8, 4) is 83.6 Å². The molecule has 0 amide bonds. The van der Waals surface area contributed by atoms with Crippen LogP contribution < -0.4 is 4.90 Å². The zero-order chi connectivity index (χ0) is 53.4. The lowest BCUT2D eigenvalue weighted by Gasteiger charge is -2.33. The average Bonchev–Trinajstić information content (AvgIpc) is 2.79. The Bertz CT molecular complexity index is 4620. The molecule has 16 rings (SSSR count). The Morgan fingerprint density at radius 3 is 1.27 bits per heavy atom. The molecule has 0 aliphatic heterocycles. The molecule has 2 heteroatoms. The molecule has 1 heterocycles. The van der Waals surface area contributed by atoms with Gasteiger partial charge in [0.15, 0.2) is 0 Å². The van der Waals surface area contributed by atoms with Gasteiger partial charge in [0.1, 0.15) is 0 Å². The summed E-state index contributed by atoms with van der Waals surface area (Å²) in [6, 6.07) is 117. The second-order valence-corrected chi connectivity index (χ2v) is 21.5. The number of hydrogen-bond donors (Lipinski definition) is 0. The largest absolute Gasteiger partial charge is 0.310 e. The predicted octanol–water partition coefficient (Wildman–Crippen LogP) is 20.9. The van der Waals surface area contributed by atoms with Crippen LogP contribution >= 0.6 is 0 Å². The van der Waals surface area contributed by atoms with Crippen molar-refractivity contribution < 1.29 is 0 Å². The molecule has 0 atom stereocenters. The molecule has 378 valence electrons. The summed E-state index contributed by atoms with van der Waals surface area (Å²) in [6.45, 7) is 0. The minimum absolute atomic E-state index is 0.485. The first-order valence-corrected chi connectivity index (χ1v) is 28.1. The normalized spacial score (nSPS) is 12.5. The van der Waals surface area contributed by atoms with Gasteiger partial charge >= 0.3 is 0 Å². The lowest BCUT2D eigenvalue weighted by molar-refractivity contribution is 0.793. The topological polar surface area (TPSA) is 8.17 Å². The van der Waals surface area contributed by atoms with Gasteiger partial charge in [-0.15, -0.1) is 0 Å². The first-order chi connectivity index (χ1) is 40.2.